The molecule has 0 radical (unpaired) electrons. The smallest absolute Gasteiger partial charge is 0.110 e. The number of rotatable bonds is 7. The first-order valence-electron chi connectivity index (χ1n) is 10.2. The SMILES string of the molecule is COCC1CCCN1Cc1nc(C2(O)CCN(Cc3ccccn3)CC2)cs1. The lowest BCUT2D eigenvalue weighted by molar-refractivity contribution is -0.0310. The van der Waals surface area contributed by atoms with Gasteiger partial charge in [0.15, 0.2) is 0 Å². The highest BCUT2D eigenvalue weighted by Crippen LogP contribution is 2.34. The second-order valence-corrected chi connectivity index (χ2v) is 8.92. The van der Waals surface area contributed by atoms with Crippen molar-refractivity contribution < 1.29 is 9.84 Å². The van der Waals surface area contributed by atoms with Crippen molar-refractivity contribution in [2.75, 3.05) is 33.4 Å². The van der Waals surface area contributed by atoms with Crippen LogP contribution in [-0.4, -0.2) is 64.3 Å². The first-order chi connectivity index (χ1) is 13.7. The second kappa shape index (κ2) is 8.97. The molecule has 4 rings (SSSR count). The van der Waals surface area contributed by atoms with Gasteiger partial charge in [0.05, 0.1) is 24.5 Å². The van der Waals surface area contributed by atoms with E-state index in [-0.39, 0.29) is 0 Å². The molecule has 7 heteroatoms. The summed E-state index contributed by atoms with van der Waals surface area (Å²) in [5.74, 6) is 0. The molecule has 2 fully saturated rings. The minimum atomic E-state index is -0.799. The molecule has 0 amide bonds. The number of nitrogens with zero attached hydrogens (tertiary/aromatic N) is 4. The summed E-state index contributed by atoms with van der Waals surface area (Å²) in [5, 5.41) is 14.4. The van der Waals surface area contributed by atoms with Crippen LogP contribution in [0.1, 0.15) is 42.1 Å². The van der Waals surface area contributed by atoms with Crippen LogP contribution in [0.15, 0.2) is 29.8 Å². The lowest BCUT2D eigenvalue weighted by Crippen LogP contribution is -2.42. The first kappa shape index (κ1) is 19.9. The Morgan fingerprint density at radius 2 is 2.11 bits per heavy atom. The quantitative estimate of drug-likeness (QED) is 0.768. The summed E-state index contributed by atoms with van der Waals surface area (Å²) in [5.41, 5.74) is 1.14. The molecule has 1 N–H and O–H groups in total. The lowest BCUT2D eigenvalue weighted by atomic mass is 9.89. The van der Waals surface area contributed by atoms with Crippen LogP contribution < -0.4 is 0 Å². The zero-order valence-corrected chi connectivity index (χ0v) is 17.4. The standard InChI is InChI=1S/C21H30N4O2S/c1-27-15-18-6-4-10-25(18)14-20-23-19(16-28-20)21(26)7-11-24(12-8-21)13-17-5-2-3-9-22-17/h2-3,5,9,16,18,26H,4,6-8,10-15H2,1H3. The van der Waals surface area contributed by atoms with Crippen molar-refractivity contribution in [1.82, 2.24) is 19.8 Å². The van der Waals surface area contributed by atoms with Gasteiger partial charge in [-0.15, -0.1) is 11.3 Å². The molecule has 1 atom stereocenters. The summed E-state index contributed by atoms with van der Waals surface area (Å²) in [6.07, 6.45) is 5.70. The topological polar surface area (TPSA) is 61.7 Å². The minimum absolute atomic E-state index is 0.496. The van der Waals surface area contributed by atoms with Gasteiger partial charge in [0, 0.05) is 44.4 Å². The van der Waals surface area contributed by atoms with Crippen LogP contribution in [0.2, 0.25) is 0 Å². The van der Waals surface area contributed by atoms with E-state index in [9.17, 15) is 5.11 Å². The lowest BCUT2D eigenvalue weighted by Gasteiger charge is -2.37. The summed E-state index contributed by atoms with van der Waals surface area (Å²) >= 11 is 1.67. The molecule has 152 valence electrons. The number of ether oxygens (including phenoxy) is 1. The summed E-state index contributed by atoms with van der Waals surface area (Å²) < 4.78 is 5.35. The van der Waals surface area contributed by atoms with E-state index in [4.69, 9.17) is 9.72 Å². The van der Waals surface area contributed by atoms with Crippen molar-refractivity contribution in [2.45, 2.75) is 50.4 Å². The molecular formula is C21H30N4O2S. The summed E-state index contributed by atoms with van der Waals surface area (Å²) in [7, 11) is 1.77. The summed E-state index contributed by atoms with van der Waals surface area (Å²) in [6.45, 7) is 5.32. The molecular weight excluding hydrogens is 372 g/mol. The van der Waals surface area contributed by atoms with Gasteiger partial charge >= 0.3 is 0 Å². The van der Waals surface area contributed by atoms with Crippen LogP contribution in [0, 0.1) is 0 Å². The van der Waals surface area contributed by atoms with Crippen molar-refractivity contribution in [3.8, 4) is 0 Å². The van der Waals surface area contributed by atoms with Gasteiger partial charge in [-0.25, -0.2) is 4.98 Å². The van der Waals surface area contributed by atoms with Gasteiger partial charge in [-0.1, -0.05) is 6.07 Å². The molecule has 2 aromatic heterocycles. The zero-order chi connectivity index (χ0) is 19.4. The number of hydrogen-bond donors (Lipinski definition) is 1. The van der Waals surface area contributed by atoms with E-state index in [2.05, 4.69) is 26.2 Å². The molecule has 0 saturated carbocycles. The Balaban J connectivity index is 1.33. The highest BCUT2D eigenvalue weighted by atomic mass is 32.1. The maximum Gasteiger partial charge on any atom is 0.110 e. The van der Waals surface area contributed by atoms with Crippen LogP contribution in [0.3, 0.4) is 0 Å². The van der Waals surface area contributed by atoms with E-state index in [0.29, 0.717) is 6.04 Å². The number of hydrogen-bond acceptors (Lipinski definition) is 7. The van der Waals surface area contributed by atoms with Crippen LogP contribution in [0.25, 0.3) is 0 Å². The molecule has 2 aliphatic rings. The van der Waals surface area contributed by atoms with Crippen molar-refractivity contribution >= 4 is 11.3 Å². The van der Waals surface area contributed by atoms with E-state index in [0.717, 1.165) is 68.6 Å². The molecule has 0 aromatic carbocycles. The molecule has 2 aliphatic heterocycles. The van der Waals surface area contributed by atoms with Gasteiger partial charge in [-0.2, -0.15) is 0 Å². The summed E-state index contributed by atoms with van der Waals surface area (Å²) in [6, 6.07) is 6.52. The Labute approximate surface area is 171 Å². The van der Waals surface area contributed by atoms with E-state index in [1.807, 2.05) is 18.3 Å². The predicted molar refractivity (Wildman–Crippen MR) is 110 cm³/mol. The van der Waals surface area contributed by atoms with Gasteiger partial charge in [-0.3, -0.25) is 14.8 Å². The predicted octanol–water partition coefficient (Wildman–Crippen LogP) is 2.63. The van der Waals surface area contributed by atoms with Gasteiger partial charge < -0.3 is 9.84 Å². The largest absolute Gasteiger partial charge is 0.383 e. The normalized spacial score (nSPS) is 23.3. The molecule has 0 spiro atoms. The van der Waals surface area contributed by atoms with Crippen molar-refractivity contribution in [1.29, 1.82) is 0 Å². The van der Waals surface area contributed by atoms with Gasteiger partial charge in [-0.05, 0) is 44.4 Å². The fourth-order valence-electron chi connectivity index (χ4n) is 4.31. The minimum Gasteiger partial charge on any atom is -0.383 e. The highest BCUT2D eigenvalue weighted by Gasteiger charge is 2.36. The molecule has 28 heavy (non-hydrogen) atoms. The number of likely N-dealkylation sites (tertiary alicyclic amines) is 2. The summed E-state index contributed by atoms with van der Waals surface area (Å²) in [4.78, 5) is 14.1. The Morgan fingerprint density at radius 3 is 2.86 bits per heavy atom. The Bertz CT molecular complexity index is 746. The molecule has 1 unspecified atom stereocenters. The molecule has 0 aliphatic carbocycles. The van der Waals surface area contributed by atoms with Crippen LogP contribution in [-0.2, 0) is 23.4 Å². The number of thiazole rings is 1. The van der Waals surface area contributed by atoms with Gasteiger partial charge in [0.2, 0.25) is 0 Å². The second-order valence-electron chi connectivity index (χ2n) is 7.98. The van der Waals surface area contributed by atoms with Crippen LogP contribution >= 0.6 is 11.3 Å². The van der Waals surface area contributed by atoms with Gasteiger partial charge in [0.25, 0.3) is 0 Å². The van der Waals surface area contributed by atoms with E-state index >= 15 is 0 Å². The van der Waals surface area contributed by atoms with Crippen molar-refractivity contribution in [3.05, 3.63) is 46.2 Å². The van der Waals surface area contributed by atoms with E-state index < -0.39 is 5.60 Å². The maximum absolute atomic E-state index is 11.2. The molecule has 2 aromatic rings. The molecule has 4 heterocycles. The van der Waals surface area contributed by atoms with Crippen molar-refractivity contribution in [2.24, 2.45) is 0 Å². The van der Waals surface area contributed by atoms with Crippen molar-refractivity contribution in [3.63, 3.8) is 0 Å². The van der Waals surface area contributed by atoms with Gasteiger partial charge in [0.1, 0.15) is 10.6 Å². The van der Waals surface area contributed by atoms with E-state index in [1.54, 1.807) is 18.4 Å². The monoisotopic (exact) mass is 402 g/mol. The van der Waals surface area contributed by atoms with E-state index in [1.165, 1.54) is 12.8 Å². The third-order valence-electron chi connectivity index (χ3n) is 6.02. The number of methoxy groups -OCH3 is 1. The zero-order valence-electron chi connectivity index (χ0n) is 16.6. The molecule has 2 saturated heterocycles. The number of pyridine rings is 1. The van der Waals surface area contributed by atoms with Crippen LogP contribution in [0.5, 0.6) is 0 Å². The molecule has 6 nitrogen and oxygen atoms in total. The highest BCUT2D eigenvalue weighted by molar-refractivity contribution is 7.09. The van der Waals surface area contributed by atoms with Crippen LogP contribution in [0.4, 0.5) is 0 Å². The fourth-order valence-corrected chi connectivity index (χ4v) is 5.22. The Kier molecular flexibility index (Phi) is 6.38. The fraction of sp³-hybridized carbons (Fsp3) is 0.619. The average Bonchev–Trinajstić information content (AvgIpc) is 3.36. The third kappa shape index (κ3) is 4.60. The Hall–Kier alpha value is -1.38. The number of aliphatic hydroxyl groups is 1. The Morgan fingerprint density at radius 1 is 1.25 bits per heavy atom. The number of piperidine rings is 1. The maximum atomic E-state index is 11.2. The first-order valence-corrected chi connectivity index (χ1v) is 11.1. The number of aromatic nitrogens is 2. The average molecular weight is 403 g/mol. The molecule has 0 bridgehead atoms. The third-order valence-corrected chi connectivity index (χ3v) is 6.85.